The van der Waals surface area contributed by atoms with Crippen molar-refractivity contribution in [3.63, 3.8) is 0 Å². The number of ether oxygens (including phenoxy) is 1. The molecule has 3 aliphatic rings. The number of piperidine rings is 1. The molecule has 2 unspecified atom stereocenters. The van der Waals surface area contributed by atoms with Gasteiger partial charge in [-0.2, -0.15) is 5.10 Å². The number of rotatable bonds is 4. The molecule has 2 aliphatic heterocycles. The van der Waals surface area contributed by atoms with Gasteiger partial charge in [0.25, 0.3) is 5.92 Å². The number of nitrogens with zero attached hydrogens (tertiary/aromatic N) is 4. The molecular weight excluding hydrogens is 450 g/mol. The number of hydrogen-bond donors (Lipinski definition) is 2. The summed E-state index contributed by atoms with van der Waals surface area (Å²) in [6, 6.07) is 3.48. The van der Waals surface area contributed by atoms with E-state index in [1.807, 2.05) is 0 Å². The minimum absolute atomic E-state index is 0.153. The summed E-state index contributed by atoms with van der Waals surface area (Å²) in [5.41, 5.74) is 4.83. The van der Waals surface area contributed by atoms with Crippen LogP contribution in [0.4, 0.5) is 20.4 Å². The number of hydrogen-bond acceptors (Lipinski definition) is 6. The Hall–Kier alpha value is -2.65. The molecule has 9 heteroatoms. The molecule has 4 heterocycles. The average molecular weight is 485 g/mol. The molecule has 2 saturated heterocycles. The van der Waals surface area contributed by atoms with E-state index >= 15 is 0 Å². The van der Waals surface area contributed by atoms with Crippen molar-refractivity contribution in [3.8, 4) is 0 Å². The monoisotopic (exact) mass is 484 g/mol. The Morgan fingerprint density at radius 3 is 2.54 bits per heavy atom. The zero-order valence-electron chi connectivity index (χ0n) is 20.7. The van der Waals surface area contributed by atoms with E-state index in [-0.39, 0.29) is 6.42 Å². The van der Waals surface area contributed by atoms with E-state index < -0.39 is 12.0 Å². The Labute approximate surface area is 204 Å². The number of aryl methyl sites for hydroxylation is 1. The molecule has 0 radical (unpaired) electrons. The van der Waals surface area contributed by atoms with E-state index in [4.69, 9.17) is 4.74 Å². The van der Waals surface area contributed by atoms with Crippen molar-refractivity contribution in [2.45, 2.75) is 64.3 Å². The molecule has 0 spiro atoms. The summed E-state index contributed by atoms with van der Waals surface area (Å²) in [5, 5.41) is 11.7. The van der Waals surface area contributed by atoms with Crippen LogP contribution in [0.1, 0.15) is 61.4 Å². The zero-order valence-corrected chi connectivity index (χ0v) is 20.7. The molecule has 1 aliphatic carbocycles. The summed E-state index contributed by atoms with van der Waals surface area (Å²) in [6.07, 6.45) is 6.74. The highest BCUT2D eigenvalue weighted by atomic mass is 19.3. The molecule has 2 aromatic heterocycles. The quantitative estimate of drug-likeness (QED) is 0.525. The SMILES string of the molecule is CC1CCOC1.Cc1cc2cnc(Nc3cnn(C4CC4(F)F)c3C)nc2cc1C1CCNCC1. The highest BCUT2D eigenvalue weighted by Crippen LogP contribution is 2.53. The molecule has 2 atom stereocenters. The van der Waals surface area contributed by atoms with E-state index in [1.54, 1.807) is 19.3 Å². The van der Waals surface area contributed by atoms with Gasteiger partial charge in [-0.05, 0) is 81.3 Å². The predicted octanol–water partition coefficient (Wildman–Crippen LogP) is 5.28. The number of anilines is 2. The second-order valence-electron chi connectivity index (χ2n) is 10.1. The molecule has 1 saturated carbocycles. The van der Waals surface area contributed by atoms with E-state index in [2.05, 4.69) is 51.7 Å². The van der Waals surface area contributed by atoms with E-state index in [1.165, 1.54) is 22.2 Å². The van der Waals surface area contributed by atoms with Gasteiger partial charge < -0.3 is 15.4 Å². The third-order valence-corrected chi connectivity index (χ3v) is 7.28. The number of halogens is 2. The van der Waals surface area contributed by atoms with Crippen LogP contribution >= 0.6 is 0 Å². The van der Waals surface area contributed by atoms with Gasteiger partial charge in [-0.15, -0.1) is 0 Å². The van der Waals surface area contributed by atoms with Crippen LogP contribution in [0.3, 0.4) is 0 Å². The Kier molecular flexibility index (Phi) is 6.72. The first kappa shape index (κ1) is 24.1. The lowest BCUT2D eigenvalue weighted by Crippen LogP contribution is -2.26. The molecular formula is C26H34F2N6O. The third kappa shape index (κ3) is 5.30. The van der Waals surface area contributed by atoms with Gasteiger partial charge in [0.05, 0.1) is 23.1 Å². The van der Waals surface area contributed by atoms with Crippen molar-refractivity contribution < 1.29 is 13.5 Å². The first-order valence-corrected chi connectivity index (χ1v) is 12.6. The van der Waals surface area contributed by atoms with Crippen LogP contribution in [0.2, 0.25) is 0 Å². The summed E-state index contributed by atoms with van der Waals surface area (Å²) in [4.78, 5) is 9.09. The van der Waals surface area contributed by atoms with Crippen LogP contribution in [0, 0.1) is 19.8 Å². The van der Waals surface area contributed by atoms with Gasteiger partial charge in [0.2, 0.25) is 5.95 Å². The molecule has 0 bridgehead atoms. The molecule has 1 aromatic carbocycles. The maximum atomic E-state index is 13.4. The number of fused-ring (bicyclic) bond motifs is 1. The lowest BCUT2D eigenvalue weighted by atomic mass is 9.87. The van der Waals surface area contributed by atoms with Crippen LogP contribution in [-0.2, 0) is 4.74 Å². The van der Waals surface area contributed by atoms with E-state index in [0.29, 0.717) is 23.2 Å². The summed E-state index contributed by atoms with van der Waals surface area (Å²) >= 11 is 0. The second-order valence-corrected chi connectivity index (χ2v) is 10.1. The molecule has 188 valence electrons. The van der Waals surface area contributed by atoms with Gasteiger partial charge in [0.1, 0.15) is 6.04 Å². The van der Waals surface area contributed by atoms with Crippen molar-refractivity contribution >= 4 is 22.5 Å². The Bertz CT molecular complexity index is 1180. The molecule has 35 heavy (non-hydrogen) atoms. The number of nitrogens with one attached hydrogen (secondary N) is 2. The molecule has 7 nitrogen and oxygen atoms in total. The largest absolute Gasteiger partial charge is 0.381 e. The minimum Gasteiger partial charge on any atom is -0.381 e. The molecule has 6 rings (SSSR count). The standard InChI is InChI=1S/C21H24F2N6.C5H10O/c1-12-7-15-10-25-20(27-17(15)8-16(12)14-3-5-24-6-4-14)28-18-11-26-29(13(18)2)19-9-21(19,22)23;1-5-2-3-6-4-5/h7-8,10-11,14,19,24H,3-6,9H2,1-2H3,(H,25,27,28);5H,2-4H2,1H3. The van der Waals surface area contributed by atoms with E-state index in [9.17, 15) is 8.78 Å². The van der Waals surface area contributed by atoms with E-state index in [0.717, 1.165) is 56.0 Å². The summed E-state index contributed by atoms with van der Waals surface area (Å²) in [6.45, 7) is 10.2. The fraction of sp³-hybridized carbons (Fsp3) is 0.577. The van der Waals surface area contributed by atoms with Crippen molar-refractivity contribution in [1.82, 2.24) is 25.1 Å². The predicted molar refractivity (Wildman–Crippen MR) is 133 cm³/mol. The fourth-order valence-corrected chi connectivity index (χ4v) is 4.94. The van der Waals surface area contributed by atoms with Crippen LogP contribution in [0.15, 0.2) is 24.5 Å². The van der Waals surface area contributed by atoms with Gasteiger partial charge in [0, 0.05) is 31.2 Å². The van der Waals surface area contributed by atoms with Gasteiger partial charge >= 0.3 is 0 Å². The first-order chi connectivity index (χ1) is 16.8. The van der Waals surface area contributed by atoms with Gasteiger partial charge in [0.15, 0.2) is 0 Å². The fourth-order valence-electron chi connectivity index (χ4n) is 4.94. The maximum Gasteiger partial charge on any atom is 0.272 e. The molecule has 2 N–H and O–H groups in total. The first-order valence-electron chi connectivity index (χ1n) is 12.6. The van der Waals surface area contributed by atoms with Crippen molar-refractivity contribution in [1.29, 1.82) is 0 Å². The highest BCUT2D eigenvalue weighted by Gasteiger charge is 2.59. The summed E-state index contributed by atoms with van der Waals surface area (Å²) in [7, 11) is 0. The normalized spacial score (nSPS) is 23.7. The summed E-state index contributed by atoms with van der Waals surface area (Å²) in [5.74, 6) is -0.836. The van der Waals surface area contributed by atoms with Crippen molar-refractivity contribution in [2.75, 3.05) is 31.6 Å². The van der Waals surface area contributed by atoms with Crippen LogP contribution in [0.25, 0.3) is 10.9 Å². The lowest BCUT2D eigenvalue weighted by molar-refractivity contribution is 0.0979. The Morgan fingerprint density at radius 2 is 1.91 bits per heavy atom. The smallest absolute Gasteiger partial charge is 0.272 e. The molecule has 3 aromatic rings. The zero-order chi connectivity index (χ0) is 24.6. The number of alkyl halides is 2. The van der Waals surface area contributed by atoms with Crippen LogP contribution in [0.5, 0.6) is 0 Å². The number of benzene rings is 1. The minimum atomic E-state index is -2.66. The van der Waals surface area contributed by atoms with Crippen molar-refractivity contribution in [3.05, 3.63) is 41.3 Å². The third-order valence-electron chi connectivity index (χ3n) is 7.28. The lowest BCUT2D eigenvalue weighted by Gasteiger charge is -2.24. The Balaban J connectivity index is 0.000000371. The summed E-state index contributed by atoms with van der Waals surface area (Å²) < 4.78 is 33.2. The maximum absolute atomic E-state index is 13.4. The number of aromatic nitrogens is 4. The molecule has 0 amide bonds. The topological polar surface area (TPSA) is 76.9 Å². The van der Waals surface area contributed by atoms with Gasteiger partial charge in [-0.3, -0.25) is 4.68 Å². The molecule has 3 fully saturated rings. The van der Waals surface area contributed by atoms with Crippen LogP contribution < -0.4 is 10.6 Å². The Morgan fingerprint density at radius 1 is 1.14 bits per heavy atom. The van der Waals surface area contributed by atoms with Gasteiger partial charge in [-0.1, -0.05) is 6.92 Å². The van der Waals surface area contributed by atoms with Crippen LogP contribution in [-0.4, -0.2) is 52.0 Å². The van der Waals surface area contributed by atoms with Crippen molar-refractivity contribution in [2.24, 2.45) is 5.92 Å². The highest BCUT2D eigenvalue weighted by molar-refractivity contribution is 5.81. The van der Waals surface area contributed by atoms with Gasteiger partial charge in [-0.25, -0.2) is 18.7 Å². The second kappa shape index (κ2) is 9.78. The average Bonchev–Trinajstić information content (AvgIpc) is 3.14.